The topological polar surface area (TPSA) is 456 Å². The van der Waals surface area contributed by atoms with E-state index >= 15 is 0 Å². The Labute approximate surface area is 318 Å². The number of amides is 5. The van der Waals surface area contributed by atoms with E-state index in [1.54, 1.807) is 0 Å². The van der Waals surface area contributed by atoms with Crippen LogP contribution in [0.15, 0.2) is 0 Å². The molecule has 0 unspecified atom stereocenters. The second-order valence-electron chi connectivity index (χ2n) is 12.5. The summed E-state index contributed by atoms with van der Waals surface area (Å²) in [6.07, 6.45) is 0.949. The average molecular weight is 785 g/mol. The van der Waals surface area contributed by atoms with E-state index in [2.05, 4.69) is 47.9 Å². The van der Waals surface area contributed by atoms with Gasteiger partial charge in [0.05, 0.1) is 6.04 Å². The molecule has 0 aliphatic rings. The summed E-state index contributed by atoms with van der Waals surface area (Å²) < 4.78 is 0. The fourth-order valence-electron chi connectivity index (χ4n) is 4.70. The molecule has 0 bridgehead atoms. The Morgan fingerprint density at radius 3 is 1.04 bits per heavy atom. The van der Waals surface area contributed by atoms with Gasteiger partial charge in [-0.1, -0.05) is 0 Å². The smallest absolute Gasteiger partial charge is 0.326 e. The van der Waals surface area contributed by atoms with Crippen molar-refractivity contribution in [3.05, 3.63) is 0 Å². The normalized spacial score (nSPS) is 13.8. The summed E-state index contributed by atoms with van der Waals surface area (Å²) in [5.74, 6) is -6.41. The van der Waals surface area contributed by atoms with Gasteiger partial charge in [-0.25, -0.2) is 4.79 Å². The zero-order valence-corrected chi connectivity index (χ0v) is 31.2. The number of carboxylic acids is 1. The number of aliphatic carboxylic acids is 1. The summed E-state index contributed by atoms with van der Waals surface area (Å²) in [7, 11) is 0. The van der Waals surface area contributed by atoms with E-state index in [1.165, 1.54) is 13.8 Å². The monoisotopic (exact) mass is 784 g/mol. The maximum atomic E-state index is 13.8. The molecule has 0 saturated carbocycles. The first kappa shape index (κ1) is 48.9. The van der Waals surface area contributed by atoms with Gasteiger partial charge in [-0.3, -0.25) is 45.6 Å². The second kappa shape index (κ2) is 26.6. The van der Waals surface area contributed by atoms with E-state index in [-0.39, 0.29) is 101 Å². The molecule has 0 aliphatic heterocycles. The molecule has 0 aliphatic carbocycles. The zero-order valence-electron chi connectivity index (χ0n) is 31.2. The number of carbonyl (C=O) groups excluding carboxylic acids is 5. The maximum absolute atomic E-state index is 13.8. The van der Waals surface area contributed by atoms with Crippen LogP contribution < -0.4 is 76.5 Å². The summed E-state index contributed by atoms with van der Waals surface area (Å²) in [5, 5.41) is 61.7. The second-order valence-corrected chi connectivity index (χ2v) is 12.5. The quantitative estimate of drug-likeness (QED) is 0.0209. The van der Waals surface area contributed by atoms with Gasteiger partial charge in [0.1, 0.15) is 30.2 Å². The molecule has 312 valence electrons. The lowest BCUT2D eigenvalue weighted by Crippen LogP contribution is -2.59. The number of carboxylic acid groups (broad SMARTS) is 1. The first-order valence-electron chi connectivity index (χ1n) is 17.6. The molecule has 0 saturated heterocycles. The van der Waals surface area contributed by atoms with Gasteiger partial charge in [-0.15, -0.1) is 0 Å². The van der Waals surface area contributed by atoms with Crippen molar-refractivity contribution in [2.75, 3.05) is 26.2 Å². The van der Waals surface area contributed by atoms with Crippen LogP contribution in [0.5, 0.6) is 0 Å². The van der Waals surface area contributed by atoms with E-state index < -0.39 is 71.8 Å². The van der Waals surface area contributed by atoms with Crippen LogP contribution in [0.4, 0.5) is 0 Å². The van der Waals surface area contributed by atoms with Gasteiger partial charge in [0, 0.05) is 26.2 Å². The highest BCUT2D eigenvalue weighted by Gasteiger charge is 2.31. The number of nitrogens with two attached hydrogens (primary N) is 5. The molecule has 0 rings (SSSR count). The largest absolute Gasteiger partial charge is 0.480 e. The zero-order chi connectivity index (χ0) is 42.1. The van der Waals surface area contributed by atoms with Gasteiger partial charge in [0.25, 0.3) is 0 Å². The van der Waals surface area contributed by atoms with Crippen LogP contribution in [-0.2, 0) is 28.8 Å². The molecule has 0 aromatic carbocycles. The SMILES string of the molecule is C[C@H](N)C(=O)N[C@H](CCCNC(=N)N)C(=O)N[C@H](CCCNC(=N)N)C(=O)N[C@H](CCCNC(=N)N)C(=O)N[C@H](C)C(=O)N[C@H](CCCNC(=N)N)C(=O)O. The Bertz CT molecular complexity index is 1350. The maximum Gasteiger partial charge on any atom is 0.326 e. The predicted octanol–water partition coefficient (Wildman–Crippen LogP) is -6.08. The fraction of sp³-hybridized carbons (Fsp3) is 0.667. The third kappa shape index (κ3) is 23.2. The molecule has 0 fully saturated rings. The highest BCUT2D eigenvalue weighted by Crippen LogP contribution is 2.06. The molecule has 55 heavy (non-hydrogen) atoms. The minimum Gasteiger partial charge on any atom is -0.480 e. The van der Waals surface area contributed by atoms with E-state index in [0.29, 0.717) is 0 Å². The van der Waals surface area contributed by atoms with Crippen LogP contribution in [0.3, 0.4) is 0 Å². The first-order valence-corrected chi connectivity index (χ1v) is 17.6. The lowest BCUT2D eigenvalue weighted by Gasteiger charge is -2.27. The molecular weight excluding hydrogens is 724 g/mol. The lowest BCUT2D eigenvalue weighted by molar-refractivity contribution is -0.142. The Morgan fingerprint density at radius 1 is 0.473 bits per heavy atom. The summed E-state index contributed by atoms with van der Waals surface area (Å²) in [6.45, 7) is 3.41. The van der Waals surface area contributed by atoms with Crippen molar-refractivity contribution in [1.29, 1.82) is 21.6 Å². The van der Waals surface area contributed by atoms with E-state index in [1.807, 2.05) is 0 Å². The van der Waals surface area contributed by atoms with Crippen molar-refractivity contribution in [3.63, 3.8) is 0 Å². The van der Waals surface area contributed by atoms with Gasteiger partial charge >= 0.3 is 5.97 Å². The summed E-state index contributed by atoms with van der Waals surface area (Å²) >= 11 is 0. The van der Waals surface area contributed by atoms with Crippen LogP contribution in [0.2, 0.25) is 0 Å². The first-order chi connectivity index (χ1) is 25.7. The third-order valence-corrected chi connectivity index (χ3v) is 7.62. The van der Waals surface area contributed by atoms with Crippen LogP contribution in [0.25, 0.3) is 0 Å². The van der Waals surface area contributed by atoms with Crippen molar-refractivity contribution < 1.29 is 33.9 Å². The van der Waals surface area contributed by atoms with Crippen LogP contribution >= 0.6 is 0 Å². The standard InChI is InChI=1S/C30H60N18O7/c1-15(31)21(49)45-18(8-4-12-41-28(34)35)24(52)47-19(9-5-13-42-29(36)37)25(53)46-17(7-3-11-40-27(32)33)23(51)44-16(2)22(50)48-20(26(54)55)10-6-14-43-30(38)39/h15-20H,3-14,31H2,1-2H3,(H,44,51)(H,45,49)(H,46,53)(H,47,52)(H,48,50)(H,54,55)(H4,32,33,40)(H4,34,35,41)(H4,36,37,42)(H4,38,39,43)/t15-,16+,17+,18+,19+,20+/m0/s1. The van der Waals surface area contributed by atoms with Crippen LogP contribution in [-0.4, -0.2) is 127 Å². The molecule has 0 aromatic rings. The molecule has 24 N–H and O–H groups in total. The molecule has 25 nitrogen and oxygen atoms in total. The highest BCUT2D eigenvalue weighted by atomic mass is 16.4. The molecule has 25 heteroatoms. The third-order valence-electron chi connectivity index (χ3n) is 7.62. The highest BCUT2D eigenvalue weighted by molar-refractivity contribution is 5.96. The Balaban J connectivity index is 6.12. The van der Waals surface area contributed by atoms with E-state index in [4.69, 9.17) is 50.3 Å². The minimum atomic E-state index is -1.32. The van der Waals surface area contributed by atoms with Crippen molar-refractivity contribution in [3.8, 4) is 0 Å². The van der Waals surface area contributed by atoms with Crippen molar-refractivity contribution in [1.82, 2.24) is 47.9 Å². The van der Waals surface area contributed by atoms with Gasteiger partial charge < -0.3 is 81.6 Å². The van der Waals surface area contributed by atoms with Crippen LogP contribution in [0, 0.1) is 21.6 Å². The summed E-state index contributed by atoms with van der Waals surface area (Å²) in [5.41, 5.74) is 26.9. The van der Waals surface area contributed by atoms with Crippen molar-refractivity contribution >= 4 is 59.3 Å². The molecular formula is C30H60N18O7. The average Bonchev–Trinajstić information content (AvgIpc) is 3.08. The Hall–Kier alpha value is -6.14. The minimum absolute atomic E-state index is 0.00994. The number of carbonyl (C=O) groups is 6. The van der Waals surface area contributed by atoms with Crippen LogP contribution in [0.1, 0.15) is 65.2 Å². The predicted molar refractivity (Wildman–Crippen MR) is 203 cm³/mol. The molecule has 5 amide bonds. The molecule has 0 heterocycles. The number of nitrogens with one attached hydrogen (secondary N) is 13. The Morgan fingerprint density at radius 2 is 0.745 bits per heavy atom. The number of guanidine groups is 4. The van der Waals surface area contributed by atoms with Crippen molar-refractivity contribution in [2.45, 2.75) is 101 Å². The summed E-state index contributed by atoms with van der Waals surface area (Å²) in [4.78, 5) is 77.9. The number of hydrogen-bond acceptors (Lipinski definition) is 11. The molecule has 0 aromatic heterocycles. The molecule has 6 atom stereocenters. The number of hydrogen-bond donors (Lipinski definition) is 19. The Kier molecular flexibility index (Phi) is 23.6. The van der Waals surface area contributed by atoms with Gasteiger partial charge in [0.15, 0.2) is 23.8 Å². The fourth-order valence-corrected chi connectivity index (χ4v) is 4.70. The van der Waals surface area contributed by atoms with E-state index in [9.17, 15) is 33.9 Å². The van der Waals surface area contributed by atoms with Gasteiger partial charge in [0.2, 0.25) is 29.5 Å². The number of rotatable bonds is 27. The van der Waals surface area contributed by atoms with Gasteiger partial charge in [-0.05, 0) is 65.2 Å². The lowest BCUT2D eigenvalue weighted by atomic mass is 10.0. The van der Waals surface area contributed by atoms with Crippen molar-refractivity contribution in [2.24, 2.45) is 28.7 Å². The summed E-state index contributed by atoms with van der Waals surface area (Å²) in [6, 6.07) is -7.29. The molecule has 0 spiro atoms. The van der Waals surface area contributed by atoms with Gasteiger partial charge in [-0.2, -0.15) is 0 Å². The molecule has 0 radical (unpaired) electrons. The van der Waals surface area contributed by atoms with E-state index in [0.717, 1.165) is 0 Å².